The average molecular weight is 378 g/mol. The molecule has 1 atom stereocenters. The van der Waals surface area contributed by atoms with Crippen molar-refractivity contribution >= 4 is 11.6 Å². The molecule has 1 unspecified atom stereocenters. The lowest BCUT2D eigenvalue weighted by molar-refractivity contribution is -0.137. The zero-order valence-corrected chi connectivity index (χ0v) is 14.5. The van der Waals surface area contributed by atoms with E-state index in [9.17, 15) is 13.2 Å². The Morgan fingerprint density at radius 1 is 1.26 bits per heavy atom. The maximum Gasteiger partial charge on any atom is 0.417 e. The van der Waals surface area contributed by atoms with E-state index in [4.69, 9.17) is 4.74 Å². The van der Waals surface area contributed by atoms with E-state index < -0.39 is 11.7 Å². The molecular weight excluding hydrogens is 361 g/mol. The van der Waals surface area contributed by atoms with Gasteiger partial charge in [0.2, 0.25) is 5.88 Å². The highest BCUT2D eigenvalue weighted by Gasteiger charge is 2.31. The summed E-state index contributed by atoms with van der Waals surface area (Å²) in [6.07, 6.45) is -0.829. The third-order valence-corrected chi connectivity index (χ3v) is 4.47. The first-order valence-corrected chi connectivity index (χ1v) is 8.58. The van der Waals surface area contributed by atoms with Crippen LogP contribution in [0.25, 0.3) is 5.78 Å². The molecule has 1 aliphatic heterocycles. The van der Waals surface area contributed by atoms with Crippen LogP contribution in [0.5, 0.6) is 5.88 Å². The summed E-state index contributed by atoms with van der Waals surface area (Å²) in [5.41, 5.74) is 0.125. The summed E-state index contributed by atoms with van der Waals surface area (Å²) in [6.45, 7) is 3.32. The van der Waals surface area contributed by atoms with Gasteiger partial charge in [0.1, 0.15) is 18.2 Å². The predicted molar refractivity (Wildman–Crippen MR) is 90.6 cm³/mol. The van der Waals surface area contributed by atoms with E-state index in [0.29, 0.717) is 12.3 Å². The Morgan fingerprint density at radius 2 is 2.11 bits per heavy atom. The lowest BCUT2D eigenvalue weighted by Gasteiger charge is -2.20. The maximum absolute atomic E-state index is 12.6. The molecule has 7 nitrogen and oxygen atoms in total. The minimum absolute atomic E-state index is 0.175. The fraction of sp³-hybridized carbons (Fsp3) is 0.412. The van der Waals surface area contributed by atoms with Gasteiger partial charge >= 0.3 is 6.18 Å². The minimum atomic E-state index is -4.41. The molecule has 1 aliphatic rings. The van der Waals surface area contributed by atoms with E-state index in [0.717, 1.165) is 43.2 Å². The van der Waals surface area contributed by atoms with Crippen molar-refractivity contribution in [3.63, 3.8) is 0 Å². The van der Waals surface area contributed by atoms with Gasteiger partial charge in [0.05, 0.1) is 12.1 Å². The molecule has 4 heterocycles. The normalized spacial score (nSPS) is 17.6. The van der Waals surface area contributed by atoms with E-state index in [-0.39, 0.29) is 12.0 Å². The number of hydrogen-bond donors (Lipinski definition) is 0. The van der Waals surface area contributed by atoms with E-state index in [1.165, 1.54) is 12.4 Å². The summed E-state index contributed by atoms with van der Waals surface area (Å²) in [5, 5.41) is 4.22. The third-order valence-electron chi connectivity index (χ3n) is 4.47. The molecule has 142 valence electrons. The maximum atomic E-state index is 12.6. The smallest absolute Gasteiger partial charge is 0.417 e. The first-order valence-electron chi connectivity index (χ1n) is 8.58. The molecule has 1 fully saturated rings. The summed E-state index contributed by atoms with van der Waals surface area (Å²) >= 11 is 0. The van der Waals surface area contributed by atoms with Gasteiger partial charge < -0.3 is 9.64 Å². The van der Waals surface area contributed by atoms with Crippen molar-refractivity contribution < 1.29 is 17.9 Å². The predicted octanol–water partition coefficient (Wildman–Crippen LogP) is 2.76. The Hall–Kier alpha value is -2.91. The number of pyridine rings is 1. The Labute approximate surface area is 152 Å². The molecule has 27 heavy (non-hydrogen) atoms. The number of fused-ring (bicyclic) bond motifs is 1. The number of aryl methyl sites for hydroxylation is 1. The number of rotatable bonds is 4. The van der Waals surface area contributed by atoms with Crippen LogP contribution in [0, 0.1) is 0 Å². The van der Waals surface area contributed by atoms with Crippen LogP contribution >= 0.6 is 0 Å². The van der Waals surface area contributed by atoms with Crippen molar-refractivity contribution in [2.45, 2.75) is 32.0 Å². The van der Waals surface area contributed by atoms with Gasteiger partial charge in [0.25, 0.3) is 5.78 Å². The summed E-state index contributed by atoms with van der Waals surface area (Å²) in [5.74, 6) is 1.60. The van der Waals surface area contributed by atoms with Gasteiger partial charge in [0.15, 0.2) is 0 Å². The number of ether oxygens (including phenoxy) is 1. The lowest BCUT2D eigenvalue weighted by atomic mass is 10.3. The number of anilines is 1. The molecule has 10 heteroatoms. The van der Waals surface area contributed by atoms with E-state index in [1.54, 1.807) is 4.52 Å². The van der Waals surface area contributed by atoms with Crippen molar-refractivity contribution in [3.05, 3.63) is 42.0 Å². The highest BCUT2D eigenvalue weighted by molar-refractivity contribution is 5.48. The summed E-state index contributed by atoms with van der Waals surface area (Å²) in [7, 11) is 0. The number of hydrogen-bond acceptors (Lipinski definition) is 6. The highest BCUT2D eigenvalue weighted by atomic mass is 19.4. The summed E-state index contributed by atoms with van der Waals surface area (Å²) in [4.78, 5) is 14.5. The molecule has 4 rings (SSSR count). The molecule has 0 N–H and O–H groups in total. The van der Waals surface area contributed by atoms with Crippen molar-refractivity contribution in [3.8, 4) is 5.88 Å². The zero-order valence-electron chi connectivity index (χ0n) is 14.5. The van der Waals surface area contributed by atoms with Crippen LogP contribution < -0.4 is 9.64 Å². The van der Waals surface area contributed by atoms with Crippen LogP contribution in [0.4, 0.5) is 19.0 Å². The molecule has 0 bridgehead atoms. The minimum Gasteiger partial charge on any atom is -0.472 e. The zero-order chi connectivity index (χ0) is 19.0. The first kappa shape index (κ1) is 17.5. The van der Waals surface area contributed by atoms with Gasteiger partial charge in [-0.3, -0.25) is 0 Å². The van der Waals surface area contributed by atoms with Gasteiger partial charge in [-0.1, -0.05) is 6.92 Å². The lowest BCUT2D eigenvalue weighted by Crippen LogP contribution is -2.27. The van der Waals surface area contributed by atoms with Gasteiger partial charge in [0, 0.05) is 37.0 Å². The molecular formula is C17H17F3N6O. The Morgan fingerprint density at radius 3 is 2.81 bits per heavy atom. The molecule has 0 spiro atoms. The largest absolute Gasteiger partial charge is 0.472 e. The standard InChI is InChI=1S/C17H17F3N6O/c1-2-12-7-15(26-16(24-12)22-10-23-26)25-6-5-13(9-25)27-14-4-3-11(8-21-14)17(18,19)20/h3-4,7-8,10,13H,2,5-6,9H2,1H3. The van der Waals surface area contributed by atoms with Crippen LogP contribution in [-0.2, 0) is 12.6 Å². The van der Waals surface area contributed by atoms with Crippen LogP contribution in [-0.4, -0.2) is 43.8 Å². The van der Waals surface area contributed by atoms with Gasteiger partial charge in [-0.25, -0.2) is 9.97 Å². The quantitative estimate of drug-likeness (QED) is 0.695. The average Bonchev–Trinajstić information content (AvgIpc) is 3.29. The van der Waals surface area contributed by atoms with E-state index >= 15 is 0 Å². The van der Waals surface area contributed by atoms with Crippen molar-refractivity contribution in [2.75, 3.05) is 18.0 Å². The molecule has 0 saturated carbocycles. The van der Waals surface area contributed by atoms with Crippen LogP contribution in [0.2, 0.25) is 0 Å². The summed E-state index contributed by atoms with van der Waals surface area (Å²) < 4.78 is 45.3. The second-order valence-corrected chi connectivity index (χ2v) is 6.29. The van der Waals surface area contributed by atoms with Gasteiger partial charge in [-0.15, -0.1) is 0 Å². The Bertz CT molecular complexity index is 940. The van der Waals surface area contributed by atoms with Gasteiger partial charge in [-0.05, 0) is 12.5 Å². The third kappa shape index (κ3) is 3.51. The molecule has 3 aromatic heterocycles. The topological polar surface area (TPSA) is 68.4 Å². The number of alkyl halides is 3. The first-order chi connectivity index (χ1) is 12.9. The Kier molecular flexibility index (Phi) is 4.33. The molecule has 1 saturated heterocycles. The fourth-order valence-electron chi connectivity index (χ4n) is 3.07. The van der Waals surface area contributed by atoms with Crippen LogP contribution in [0.3, 0.4) is 0 Å². The highest BCUT2D eigenvalue weighted by Crippen LogP contribution is 2.30. The van der Waals surface area contributed by atoms with E-state index in [2.05, 4.69) is 25.0 Å². The molecule has 0 aromatic carbocycles. The van der Waals surface area contributed by atoms with E-state index in [1.807, 2.05) is 13.0 Å². The summed E-state index contributed by atoms with van der Waals surface area (Å²) in [6, 6.07) is 4.20. The second kappa shape index (κ2) is 6.67. The van der Waals surface area contributed by atoms with Crippen LogP contribution in [0.15, 0.2) is 30.7 Å². The number of aromatic nitrogens is 5. The Balaban J connectivity index is 1.49. The molecule has 0 aliphatic carbocycles. The van der Waals surface area contributed by atoms with Gasteiger partial charge in [-0.2, -0.15) is 27.8 Å². The number of nitrogens with zero attached hydrogens (tertiary/aromatic N) is 6. The SMILES string of the molecule is CCc1cc(N2CCC(Oc3ccc(C(F)(F)F)cn3)C2)n2ncnc2n1. The molecule has 0 radical (unpaired) electrons. The van der Waals surface area contributed by atoms with Crippen molar-refractivity contribution in [2.24, 2.45) is 0 Å². The molecule has 0 amide bonds. The monoisotopic (exact) mass is 378 g/mol. The molecule has 3 aromatic rings. The fourth-order valence-corrected chi connectivity index (χ4v) is 3.07. The number of halogens is 3. The van der Waals surface area contributed by atoms with Crippen molar-refractivity contribution in [1.29, 1.82) is 0 Å². The van der Waals surface area contributed by atoms with Crippen molar-refractivity contribution in [1.82, 2.24) is 24.6 Å². The van der Waals surface area contributed by atoms with Crippen LogP contribution in [0.1, 0.15) is 24.6 Å². The second-order valence-electron chi connectivity index (χ2n) is 6.29.